The van der Waals surface area contributed by atoms with Crippen LogP contribution in [0, 0.1) is 0 Å². The van der Waals surface area contributed by atoms with Crippen LogP contribution in [-0.4, -0.2) is 12.2 Å². The fraction of sp³-hybridized carbons (Fsp3) is 0.375. The summed E-state index contributed by atoms with van der Waals surface area (Å²) in [7, 11) is 1.66. The minimum atomic E-state index is 0.529. The maximum atomic E-state index is 5.58. The molecule has 0 aromatic carbocycles. The zero-order valence-corrected chi connectivity index (χ0v) is 7.15. The Morgan fingerprint density at radius 3 is 2.70 bits per heavy atom. The second kappa shape index (κ2) is 5.24. The van der Waals surface area contributed by atoms with Crippen LogP contribution >= 0.6 is 11.6 Å². The highest BCUT2D eigenvalue weighted by Gasteiger charge is 1.82. The van der Waals surface area contributed by atoms with Gasteiger partial charge in [0.15, 0.2) is 0 Å². The van der Waals surface area contributed by atoms with Gasteiger partial charge in [0.1, 0.15) is 5.17 Å². The van der Waals surface area contributed by atoms with E-state index in [9.17, 15) is 0 Å². The van der Waals surface area contributed by atoms with Crippen LogP contribution < -0.4 is 0 Å². The van der Waals surface area contributed by atoms with Crippen LogP contribution in [0.4, 0.5) is 0 Å². The molecule has 10 heavy (non-hydrogen) atoms. The second-order valence-electron chi connectivity index (χ2n) is 2.11. The number of aliphatic imine (C=N–C) groups is 1. The maximum Gasteiger partial charge on any atom is 0.122 e. The van der Waals surface area contributed by atoms with Crippen molar-refractivity contribution in [3.8, 4) is 0 Å². The van der Waals surface area contributed by atoms with Gasteiger partial charge in [-0.15, -0.1) is 0 Å². The Hall–Kier alpha value is -0.560. The van der Waals surface area contributed by atoms with Gasteiger partial charge in [-0.1, -0.05) is 29.8 Å². The smallest absolute Gasteiger partial charge is 0.122 e. The van der Waals surface area contributed by atoms with Crippen LogP contribution in [-0.2, 0) is 0 Å². The topological polar surface area (TPSA) is 12.4 Å². The molecule has 0 N–H and O–H groups in total. The van der Waals surface area contributed by atoms with Crippen LogP contribution in [0.2, 0.25) is 0 Å². The molecule has 0 aliphatic rings. The van der Waals surface area contributed by atoms with Crippen molar-refractivity contribution in [3.05, 3.63) is 24.3 Å². The molecular formula is C8H12ClN. The first-order valence-corrected chi connectivity index (χ1v) is 3.48. The number of hydrogen-bond acceptors (Lipinski definition) is 1. The van der Waals surface area contributed by atoms with Crippen LogP contribution in [0.1, 0.15) is 13.3 Å². The molecule has 0 aromatic heterocycles. The van der Waals surface area contributed by atoms with E-state index < -0.39 is 0 Å². The van der Waals surface area contributed by atoms with E-state index in [1.54, 1.807) is 13.1 Å². The van der Waals surface area contributed by atoms with Gasteiger partial charge in [-0.3, -0.25) is 4.99 Å². The van der Waals surface area contributed by atoms with Crippen LogP contribution in [0.5, 0.6) is 0 Å². The fourth-order valence-corrected chi connectivity index (χ4v) is 0.521. The van der Waals surface area contributed by atoms with Gasteiger partial charge in [0.05, 0.1) is 0 Å². The molecule has 0 aliphatic heterocycles. The molecule has 0 unspecified atom stereocenters. The summed E-state index contributed by atoms with van der Waals surface area (Å²) in [5.41, 5.74) is 1.12. The van der Waals surface area contributed by atoms with Crippen molar-refractivity contribution in [1.82, 2.24) is 0 Å². The van der Waals surface area contributed by atoms with Crippen LogP contribution in [0.3, 0.4) is 0 Å². The van der Waals surface area contributed by atoms with Gasteiger partial charge in [0.2, 0.25) is 0 Å². The molecule has 0 heterocycles. The first-order valence-electron chi connectivity index (χ1n) is 3.10. The van der Waals surface area contributed by atoms with Crippen molar-refractivity contribution in [2.75, 3.05) is 7.05 Å². The summed E-state index contributed by atoms with van der Waals surface area (Å²) in [6.07, 6.45) is 4.58. The third-order valence-electron chi connectivity index (χ3n) is 0.935. The standard InChI is InChI=1S/C8H12ClN/c1-7(2)5-4-6-8(9)10-3/h4,6H,1,5H2,2-3H3. The largest absolute Gasteiger partial charge is 0.277 e. The highest BCUT2D eigenvalue weighted by Crippen LogP contribution is 1.97. The van der Waals surface area contributed by atoms with Crippen molar-refractivity contribution in [1.29, 1.82) is 0 Å². The highest BCUT2D eigenvalue weighted by atomic mass is 35.5. The van der Waals surface area contributed by atoms with Gasteiger partial charge >= 0.3 is 0 Å². The molecule has 0 atom stereocenters. The molecule has 56 valence electrons. The lowest BCUT2D eigenvalue weighted by Crippen LogP contribution is -1.77. The van der Waals surface area contributed by atoms with E-state index in [4.69, 9.17) is 11.6 Å². The SMILES string of the molecule is C=C(C)CC=CC(Cl)=NC. The third-order valence-corrected chi connectivity index (χ3v) is 1.23. The van der Waals surface area contributed by atoms with Gasteiger partial charge < -0.3 is 0 Å². The van der Waals surface area contributed by atoms with Crippen molar-refractivity contribution in [2.24, 2.45) is 4.99 Å². The van der Waals surface area contributed by atoms with Crippen molar-refractivity contribution >= 4 is 16.8 Å². The van der Waals surface area contributed by atoms with E-state index in [2.05, 4.69) is 11.6 Å². The molecule has 0 rings (SSSR count). The van der Waals surface area contributed by atoms with Gasteiger partial charge in [-0.2, -0.15) is 0 Å². The summed E-state index contributed by atoms with van der Waals surface area (Å²) in [4.78, 5) is 3.75. The second-order valence-corrected chi connectivity index (χ2v) is 2.50. The predicted octanol–water partition coefficient (Wildman–Crippen LogP) is 2.78. The predicted molar refractivity (Wildman–Crippen MR) is 47.8 cm³/mol. The minimum Gasteiger partial charge on any atom is -0.277 e. The lowest BCUT2D eigenvalue weighted by Gasteiger charge is -1.88. The molecule has 0 aromatic rings. The fourth-order valence-electron chi connectivity index (χ4n) is 0.432. The van der Waals surface area contributed by atoms with Gasteiger partial charge in [0, 0.05) is 7.05 Å². The van der Waals surface area contributed by atoms with Crippen molar-refractivity contribution in [3.63, 3.8) is 0 Å². The lowest BCUT2D eigenvalue weighted by molar-refractivity contribution is 1.23. The van der Waals surface area contributed by atoms with Crippen molar-refractivity contribution in [2.45, 2.75) is 13.3 Å². The molecule has 0 spiro atoms. The number of halogens is 1. The number of allylic oxidation sites excluding steroid dienone is 3. The Labute approximate surface area is 67.1 Å². The molecule has 0 fully saturated rings. The lowest BCUT2D eigenvalue weighted by atomic mass is 10.2. The molecule has 1 nitrogen and oxygen atoms in total. The minimum absolute atomic E-state index is 0.529. The summed E-state index contributed by atoms with van der Waals surface area (Å²) in [5.74, 6) is 0. The van der Waals surface area contributed by atoms with Gasteiger partial charge in [-0.05, 0) is 19.4 Å². The summed E-state index contributed by atoms with van der Waals surface area (Å²) < 4.78 is 0. The molecule has 0 amide bonds. The Morgan fingerprint density at radius 1 is 1.70 bits per heavy atom. The van der Waals surface area contributed by atoms with Gasteiger partial charge in [0.25, 0.3) is 0 Å². The Kier molecular flexibility index (Phi) is 4.95. The van der Waals surface area contributed by atoms with E-state index >= 15 is 0 Å². The first-order chi connectivity index (χ1) is 4.66. The van der Waals surface area contributed by atoms with Crippen LogP contribution in [0.25, 0.3) is 0 Å². The van der Waals surface area contributed by atoms with E-state index in [1.165, 1.54) is 0 Å². The molecule has 0 bridgehead atoms. The monoisotopic (exact) mass is 157 g/mol. The average molecular weight is 158 g/mol. The third kappa shape index (κ3) is 5.57. The number of hydrogen-bond donors (Lipinski definition) is 0. The number of rotatable bonds is 3. The molecule has 0 radical (unpaired) electrons. The van der Waals surface area contributed by atoms with Gasteiger partial charge in [-0.25, -0.2) is 0 Å². The molecular weight excluding hydrogens is 146 g/mol. The Bertz CT molecular complexity index is 168. The summed E-state index contributed by atoms with van der Waals surface area (Å²) in [6.45, 7) is 5.72. The van der Waals surface area contributed by atoms with E-state index in [1.807, 2.05) is 13.0 Å². The molecule has 0 aliphatic carbocycles. The zero-order chi connectivity index (χ0) is 7.98. The normalized spacial score (nSPS) is 12.5. The molecule has 0 saturated carbocycles. The Balaban J connectivity index is 3.67. The zero-order valence-electron chi connectivity index (χ0n) is 6.39. The van der Waals surface area contributed by atoms with E-state index in [0.717, 1.165) is 12.0 Å². The Morgan fingerprint density at radius 2 is 2.30 bits per heavy atom. The molecule has 2 heteroatoms. The summed E-state index contributed by atoms with van der Waals surface area (Å²) in [5, 5.41) is 0.529. The van der Waals surface area contributed by atoms with E-state index in [-0.39, 0.29) is 0 Å². The summed E-state index contributed by atoms with van der Waals surface area (Å²) >= 11 is 5.58. The van der Waals surface area contributed by atoms with E-state index in [0.29, 0.717) is 5.17 Å². The average Bonchev–Trinajstić information content (AvgIpc) is 1.87. The van der Waals surface area contributed by atoms with Crippen LogP contribution in [0.15, 0.2) is 29.3 Å². The van der Waals surface area contributed by atoms with Crippen molar-refractivity contribution < 1.29 is 0 Å². The summed E-state index contributed by atoms with van der Waals surface area (Å²) in [6, 6.07) is 0. The molecule has 0 saturated heterocycles. The maximum absolute atomic E-state index is 5.58. The first kappa shape index (κ1) is 9.44. The quantitative estimate of drug-likeness (QED) is 0.441. The highest BCUT2D eigenvalue weighted by molar-refractivity contribution is 6.68. The number of nitrogens with zero attached hydrogens (tertiary/aromatic N) is 1.